The van der Waals surface area contributed by atoms with E-state index in [9.17, 15) is 14.0 Å². The fourth-order valence-electron chi connectivity index (χ4n) is 2.80. The molecule has 2 N–H and O–H groups in total. The minimum atomic E-state index is -0.640. The van der Waals surface area contributed by atoms with E-state index in [0.29, 0.717) is 17.8 Å². The van der Waals surface area contributed by atoms with Crippen LogP contribution in [-0.4, -0.2) is 24.1 Å². The Bertz CT molecular complexity index is 767. The van der Waals surface area contributed by atoms with Gasteiger partial charge in [-0.25, -0.2) is 4.39 Å². The van der Waals surface area contributed by atoms with Gasteiger partial charge in [-0.05, 0) is 29.3 Å². The molecule has 2 amide bonds. The number of carbonyl (C=O) groups is 2. The summed E-state index contributed by atoms with van der Waals surface area (Å²) >= 11 is 1.73. The molecule has 2 aromatic rings. The number of carbonyl (C=O) groups excluding carboxylic acids is 2. The smallest absolute Gasteiger partial charge is 0.228 e. The Labute approximate surface area is 150 Å². The Hall–Kier alpha value is -2.34. The number of benzene rings is 2. The zero-order chi connectivity index (χ0) is 17.6. The van der Waals surface area contributed by atoms with E-state index < -0.39 is 11.7 Å². The number of hydrogen-bond donors (Lipinski definition) is 2. The van der Waals surface area contributed by atoms with Crippen molar-refractivity contribution in [3.63, 3.8) is 0 Å². The van der Waals surface area contributed by atoms with Crippen molar-refractivity contribution in [2.24, 2.45) is 0 Å². The molecule has 6 heteroatoms. The van der Waals surface area contributed by atoms with E-state index in [1.807, 2.05) is 18.2 Å². The number of halogens is 1. The first-order valence-electron chi connectivity index (χ1n) is 8.12. The summed E-state index contributed by atoms with van der Waals surface area (Å²) < 4.78 is 13.5. The predicted molar refractivity (Wildman–Crippen MR) is 98.0 cm³/mol. The second-order valence-corrected chi connectivity index (χ2v) is 6.97. The van der Waals surface area contributed by atoms with Gasteiger partial charge in [-0.15, -0.1) is 0 Å². The van der Waals surface area contributed by atoms with E-state index in [4.69, 9.17) is 0 Å². The predicted octanol–water partition coefficient (Wildman–Crippen LogP) is 3.30. The molecular formula is C19H19FN2O2S. The lowest BCUT2D eigenvalue weighted by Crippen LogP contribution is -2.36. The van der Waals surface area contributed by atoms with Crippen molar-refractivity contribution in [1.29, 1.82) is 0 Å². The van der Waals surface area contributed by atoms with Gasteiger partial charge >= 0.3 is 0 Å². The SMILES string of the molecule is O=C1CC(C(=O)NCCSCc2ccccc2)c2cc(F)ccc2N1. The molecule has 0 spiro atoms. The number of fused-ring (bicyclic) bond motifs is 1. The maximum absolute atomic E-state index is 13.5. The molecule has 0 radical (unpaired) electrons. The van der Waals surface area contributed by atoms with Crippen molar-refractivity contribution >= 4 is 29.3 Å². The average Bonchev–Trinajstić information content (AvgIpc) is 2.62. The van der Waals surface area contributed by atoms with Crippen LogP contribution in [0.2, 0.25) is 0 Å². The van der Waals surface area contributed by atoms with E-state index in [1.54, 1.807) is 11.8 Å². The van der Waals surface area contributed by atoms with Gasteiger partial charge in [0.15, 0.2) is 0 Å². The topological polar surface area (TPSA) is 58.2 Å². The molecule has 0 saturated carbocycles. The molecule has 3 rings (SSSR count). The molecule has 1 aliphatic heterocycles. The van der Waals surface area contributed by atoms with Crippen LogP contribution in [0.15, 0.2) is 48.5 Å². The summed E-state index contributed by atoms with van der Waals surface area (Å²) in [6.07, 6.45) is 0.0411. The summed E-state index contributed by atoms with van der Waals surface area (Å²) in [4.78, 5) is 24.2. The van der Waals surface area contributed by atoms with E-state index in [1.165, 1.54) is 23.8 Å². The molecule has 0 aliphatic carbocycles. The molecule has 0 bridgehead atoms. The molecule has 2 aromatic carbocycles. The number of thioether (sulfide) groups is 1. The van der Waals surface area contributed by atoms with Gasteiger partial charge in [0.05, 0.1) is 5.92 Å². The van der Waals surface area contributed by atoms with Crippen LogP contribution >= 0.6 is 11.8 Å². The highest BCUT2D eigenvalue weighted by molar-refractivity contribution is 7.98. The van der Waals surface area contributed by atoms with Crippen molar-refractivity contribution in [3.8, 4) is 0 Å². The Balaban J connectivity index is 1.51. The van der Waals surface area contributed by atoms with Gasteiger partial charge in [0.2, 0.25) is 11.8 Å². The fourth-order valence-corrected chi connectivity index (χ4v) is 3.62. The molecule has 4 nitrogen and oxygen atoms in total. The summed E-state index contributed by atoms with van der Waals surface area (Å²) in [5, 5.41) is 5.53. The first-order valence-corrected chi connectivity index (χ1v) is 9.27. The zero-order valence-corrected chi connectivity index (χ0v) is 14.4. The normalized spacial score (nSPS) is 16.0. The van der Waals surface area contributed by atoms with Crippen LogP contribution in [0.25, 0.3) is 0 Å². The summed E-state index contributed by atoms with van der Waals surface area (Å²) in [6.45, 7) is 0.513. The number of nitrogens with one attached hydrogen (secondary N) is 2. The van der Waals surface area contributed by atoms with Crippen LogP contribution < -0.4 is 10.6 Å². The largest absolute Gasteiger partial charge is 0.355 e. The van der Waals surface area contributed by atoms with E-state index in [0.717, 1.165) is 11.5 Å². The van der Waals surface area contributed by atoms with Gasteiger partial charge in [0.25, 0.3) is 0 Å². The lowest BCUT2D eigenvalue weighted by Gasteiger charge is -2.24. The van der Waals surface area contributed by atoms with Gasteiger partial charge in [0.1, 0.15) is 5.82 Å². The van der Waals surface area contributed by atoms with Crippen molar-refractivity contribution in [3.05, 3.63) is 65.5 Å². The van der Waals surface area contributed by atoms with E-state index >= 15 is 0 Å². The van der Waals surface area contributed by atoms with E-state index in [2.05, 4.69) is 22.8 Å². The molecule has 25 heavy (non-hydrogen) atoms. The van der Waals surface area contributed by atoms with E-state index in [-0.39, 0.29) is 18.2 Å². The molecule has 1 atom stereocenters. The second-order valence-electron chi connectivity index (χ2n) is 5.87. The Morgan fingerprint density at radius 3 is 2.84 bits per heavy atom. The van der Waals surface area contributed by atoms with Crippen molar-refractivity contribution in [1.82, 2.24) is 5.32 Å². The summed E-state index contributed by atoms with van der Waals surface area (Å²) in [7, 11) is 0. The molecule has 130 valence electrons. The van der Waals surface area contributed by atoms with Gasteiger partial charge in [0, 0.05) is 30.2 Å². The lowest BCUT2D eigenvalue weighted by atomic mass is 9.89. The lowest BCUT2D eigenvalue weighted by molar-refractivity contribution is -0.126. The van der Waals surface area contributed by atoms with Crippen LogP contribution in [0.3, 0.4) is 0 Å². The van der Waals surface area contributed by atoms with Crippen molar-refractivity contribution in [2.45, 2.75) is 18.1 Å². The number of rotatable bonds is 6. The van der Waals surface area contributed by atoms with Crippen LogP contribution in [-0.2, 0) is 15.3 Å². The molecule has 0 aromatic heterocycles. The van der Waals surface area contributed by atoms with Crippen molar-refractivity contribution < 1.29 is 14.0 Å². The Morgan fingerprint density at radius 2 is 2.04 bits per heavy atom. The number of amides is 2. The quantitative estimate of drug-likeness (QED) is 0.779. The van der Waals surface area contributed by atoms with Gasteiger partial charge < -0.3 is 10.6 Å². The highest BCUT2D eigenvalue weighted by atomic mass is 32.2. The van der Waals surface area contributed by atoms with Gasteiger partial charge in [-0.1, -0.05) is 30.3 Å². The van der Waals surface area contributed by atoms with Crippen LogP contribution in [0.1, 0.15) is 23.5 Å². The standard InChI is InChI=1S/C19H19FN2O2S/c20-14-6-7-17-15(10-14)16(11-18(23)22-17)19(24)21-8-9-25-12-13-4-2-1-3-5-13/h1-7,10,16H,8-9,11-12H2,(H,21,24)(H,22,23). The number of anilines is 1. The third-order valence-electron chi connectivity index (χ3n) is 4.03. The molecule has 0 saturated heterocycles. The van der Waals surface area contributed by atoms with Crippen LogP contribution in [0.4, 0.5) is 10.1 Å². The first kappa shape index (κ1) is 17.5. The fraction of sp³-hybridized carbons (Fsp3) is 0.263. The third kappa shape index (κ3) is 4.60. The monoisotopic (exact) mass is 358 g/mol. The molecule has 1 heterocycles. The van der Waals surface area contributed by atoms with Crippen molar-refractivity contribution in [2.75, 3.05) is 17.6 Å². The minimum absolute atomic E-state index is 0.0411. The summed E-state index contributed by atoms with van der Waals surface area (Å²) in [5.41, 5.74) is 2.29. The van der Waals surface area contributed by atoms with Gasteiger partial charge in [-0.3, -0.25) is 9.59 Å². The second kappa shape index (κ2) is 8.16. The molecular weight excluding hydrogens is 339 g/mol. The molecule has 1 aliphatic rings. The maximum Gasteiger partial charge on any atom is 0.228 e. The van der Waals surface area contributed by atoms with Crippen LogP contribution in [0, 0.1) is 5.82 Å². The summed E-state index contributed by atoms with van der Waals surface area (Å²) in [5.74, 6) is 0.149. The summed E-state index contributed by atoms with van der Waals surface area (Å²) in [6, 6.07) is 14.2. The maximum atomic E-state index is 13.5. The highest BCUT2D eigenvalue weighted by Crippen LogP contribution is 2.32. The zero-order valence-electron chi connectivity index (χ0n) is 13.6. The molecule has 0 fully saturated rings. The molecule has 1 unspecified atom stereocenters. The Morgan fingerprint density at radius 1 is 1.24 bits per heavy atom. The third-order valence-corrected chi connectivity index (χ3v) is 5.06. The Kier molecular flexibility index (Phi) is 5.71. The van der Waals surface area contributed by atoms with Crippen LogP contribution in [0.5, 0.6) is 0 Å². The van der Waals surface area contributed by atoms with Gasteiger partial charge in [-0.2, -0.15) is 11.8 Å². The highest BCUT2D eigenvalue weighted by Gasteiger charge is 2.30. The first-order chi connectivity index (χ1) is 12.1. The minimum Gasteiger partial charge on any atom is -0.355 e. The average molecular weight is 358 g/mol. The number of hydrogen-bond acceptors (Lipinski definition) is 3.